The molecule has 0 bridgehead atoms. The van der Waals surface area contributed by atoms with Gasteiger partial charge >= 0.3 is 7.12 Å². The van der Waals surface area contributed by atoms with Gasteiger partial charge < -0.3 is 24.3 Å². The monoisotopic (exact) mass is 240 g/mol. The molecule has 0 aliphatic carbocycles. The van der Waals surface area contributed by atoms with Gasteiger partial charge in [0.2, 0.25) is 0 Å². The molecule has 94 valence electrons. The van der Waals surface area contributed by atoms with Crippen molar-refractivity contribution in [2.75, 3.05) is 27.4 Å². The number of rotatable bonds is 7. The fourth-order valence-corrected chi connectivity index (χ4v) is 1.37. The van der Waals surface area contributed by atoms with Crippen molar-refractivity contribution in [1.82, 2.24) is 0 Å². The molecule has 17 heavy (non-hydrogen) atoms. The van der Waals surface area contributed by atoms with E-state index in [9.17, 15) is 10.0 Å². The second kappa shape index (κ2) is 7.16. The minimum absolute atomic E-state index is 0.293. The van der Waals surface area contributed by atoms with Crippen molar-refractivity contribution in [3.63, 3.8) is 0 Å². The zero-order valence-electron chi connectivity index (χ0n) is 10.0. The lowest BCUT2D eigenvalue weighted by atomic mass is 9.79. The maximum atomic E-state index is 9.22. The maximum absolute atomic E-state index is 9.22. The molecular weight excluding hydrogens is 223 g/mol. The number of benzene rings is 1. The van der Waals surface area contributed by atoms with E-state index in [4.69, 9.17) is 14.2 Å². The summed E-state index contributed by atoms with van der Waals surface area (Å²) in [6.07, 6.45) is 0.740. The molecule has 5 nitrogen and oxygen atoms in total. The SMILES string of the molecule is COCCCOc1ccc(OC)cc1B(O)O. The van der Waals surface area contributed by atoms with Crippen LogP contribution in [0.4, 0.5) is 0 Å². The summed E-state index contributed by atoms with van der Waals surface area (Å²) in [5.41, 5.74) is 0.293. The molecule has 0 spiro atoms. The number of hydrogen-bond donors (Lipinski definition) is 2. The topological polar surface area (TPSA) is 68.2 Å². The molecule has 1 aromatic rings. The first-order valence-corrected chi connectivity index (χ1v) is 5.35. The van der Waals surface area contributed by atoms with E-state index in [1.807, 2.05) is 0 Å². The molecule has 1 aromatic carbocycles. The predicted molar refractivity (Wildman–Crippen MR) is 64.8 cm³/mol. The Bertz CT molecular complexity index is 343. The van der Waals surface area contributed by atoms with Gasteiger partial charge in [0, 0.05) is 25.6 Å². The molecule has 0 aromatic heterocycles. The second-order valence-electron chi connectivity index (χ2n) is 3.47. The van der Waals surface area contributed by atoms with E-state index >= 15 is 0 Å². The number of methoxy groups -OCH3 is 2. The average Bonchev–Trinajstić information content (AvgIpc) is 2.34. The standard InChI is InChI=1S/C11H17BO5/c1-15-6-3-7-17-11-5-4-9(16-2)8-10(11)12(13)14/h4-5,8,13-14H,3,6-7H2,1-2H3. The van der Waals surface area contributed by atoms with Crippen molar-refractivity contribution < 1.29 is 24.3 Å². The molecular formula is C11H17BO5. The van der Waals surface area contributed by atoms with Gasteiger partial charge in [0.15, 0.2) is 0 Å². The third-order valence-electron chi connectivity index (χ3n) is 2.25. The Labute approximate surface area is 101 Å². The highest BCUT2D eigenvalue weighted by Crippen LogP contribution is 2.15. The Hall–Kier alpha value is -1.24. The van der Waals surface area contributed by atoms with Gasteiger partial charge in [-0.25, -0.2) is 0 Å². The van der Waals surface area contributed by atoms with Crippen LogP contribution < -0.4 is 14.9 Å². The highest BCUT2D eigenvalue weighted by molar-refractivity contribution is 6.59. The van der Waals surface area contributed by atoms with Gasteiger partial charge in [-0.3, -0.25) is 0 Å². The summed E-state index contributed by atoms with van der Waals surface area (Å²) in [6, 6.07) is 4.90. The summed E-state index contributed by atoms with van der Waals surface area (Å²) in [7, 11) is 1.56. The van der Waals surface area contributed by atoms with Gasteiger partial charge in [-0.1, -0.05) is 0 Å². The quantitative estimate of drug-likeness (QED) is 0.510. The first-order valence-electron chi connectivity index (χ1n) is 5.35. The lowest BCUT2D eigenvalue weighted by molar-refractivity contribution is 0.172. The smallest absolute Gasteiger partial charge is 0.492 e. The van der Waals surface area contributed by atoms with Crippen LogP contribution in [0.3, 0.4) is 0 Å². The third-order valence-corrected chi connectivity index (χ3v) is 2.25. The summed E-state index contributed by atoms with van der Waals surface area (Å²) in [6.45, 7) is 1.06. The van der Waals surface area contributed by atoms with Crippen molar-refractivity contribution in [1.29, 1.82) is 0 Å². The van der Waals surface area contributed by atoms with Gasteiger partial charge in [0.25, 0.3) is 0 Å². The van der Waals surface area contributed by atoms with Crippen molar-refractivity contribution in [2.24, 2.45) is 0 Å². The minimum Gasteiger partial charge on any atom is -0.497 e. The summed E-state index contributed by atoms with van der Waals surface area (Å²) in [5.74, 6) is 0.995. The Morgan fingerprint density at radius 1 is 1.18 bits per heavy atom. The van der Waals surface area contributed by atoms with E-state index in [1.54, 1.807) is 19.2 Å². The minimum atomic E-state index is -1.58. The van der Waals surface area contributed by atoms with Crippen LogP contribution in [0.2, 0.25) is 0 Å². The molecule has 0 aliphatic rings. The van der Waals surface area contributed by atoms with Gasteiger partial charge in [-0.15, -0.1) is 0 Å². The van der Waals surface area contributed by atoms with E-state index < -0.39 is 7.12 Å². The lowest BCUT2D eigenvalue weighted by Crippen LogP contribution is -2.31. The fourth-order valence-electron chi connectivity index (χ4n) is 1.37. The molecule has 0 heterocycles. The van der Waals surface area contributed by atoms with Crippen LogP contribution in [0.5, 0.6) is 11.5 Å². The van der Waals surface area contributed by atoms with Crippen molar-refractivity contribution in [2.45, 2.75) is 6.42 Å². The molecule has 0 aliphatic heterocycles. The Kier molecular flexibility index (Phi) is 5.83. The van der Waals surface area contributed by atoms with Gasteiger partial charge in [-0.2, -0.15) is 0 Å². The normalized spacial score (nSPS) is 10.1. The summed E-state index contributed by atoms with van der Waals surface area (Å²) in [5, 5.41) is 18.4. The number of hydrogen-bond acceptors (Lipinski definition) is 5. The van der Waals surface area contributed by atoms with Crippen LogP contribution in [0.15, 0.2) is 18.2 Å². The molecule has 0 radical (unpaired) electrons. The van der Waals surface area contributed by atoms with Gasteiger partial charge in [0.05, 0.1) is 13.7 Å². The summed E-state index contributed by atoms with van der Waals surface area (Å²) >= 11 is 0. The highest BCUT2D eigenvalue weighted by Gasteiger charge is 2.18. The van der Waals surface area contributed by atoms with Crippen molar-refractivity contribution in [3.8, 4) is 11.5 Å². The molecule has 1 rings (SSSR count). The molecule has 0 fully saturated rings. The second-order valence-corrected chi connectivity index (χ2v) is 3.47. The van der Waals surface area contributed by atoms with E-state index in [0.29, 0.717) is 30.2 Å². The molecule has 0 unspecified atom stereocenters. The van der Waals surface area contributed by atoms with Crippen molar-refractivity contribution >= 4 is 12.6 Å². The molecule has 0 amide bonds. The third kappa shape index (κ3) is 4.26. The molecule has 0 saturated heterocycles. The summed E-state index contributed by atoms with van der Waals surface area (Å²) in [4.78, 5) is 0. The van der Waals surface area contributed by atoms with Gasteiger partial charge in [0.1, 0.15) is 11.5 Å². The van der Waals surface area contributed by atoms with Crippen LogP contribution >= 0.6 is 0 Å². The van der Waals surface area contributed by atoms with Crippen LogP contribution in [0, 0.1) is 0 Å². The molecule has 6 heteroatoms. The molecule has 0 atom stereocenters. The first kappa shape index (κ1) is 13.8. The van der Waals surface area contributed by atoms with E-state index in [1.165, 1.54) is 13.2 Å². The number of ether oxygens (including phenoxy) is 3. The Morgan fingerprint density at radius 3 is 2.53 bits per heavy atom. The zero-order valence-corrected chi connectivity index (χ0v) is 10.0. The molecule has 0 saturated carbocycles. The lowest BCUT2D eigenvalue weighted by Gasteiger charge is -2.12. The van der Waals surface area contributed by atoms with E-state index in [0.717, 1.165) is 6.42 Å². The predicted octanol–water partition coefficient (Wildman–Crippen LogP) is -0.210. The van der Waals surface area contributed by atoms with Crippen molar-refractivity contribution in [3.05, 3.63) is 18.2 Å². The fraction of sp³-hybridized carbons (Fsp3) is 0.455. The van der Waals surface area contributed by atoms with Crippen LogP contribution in [-0.4, -0.2) is 44.6 Å². The summed E-state index contributed by atoms with van der Waals surface area (Å²) < 4.78 is 15.3. The Morgan fingerprint density at radius 2 is 1.94 bits per heavy atom. The largest absolute Gasteiger partial charge is 0.497 e. The highest BCUT2D eigenvalue weighted by atomic mass is 16.5. The van der Waals surface area contributed by atoms with Crippen LogP contribution in [0.1, 0.15) is 6.42 Å². The molecule has 2 N–H and O–H groups in total. The van der Waals surface area contributed by atoms with E-state index in [-0.39, 0.29) is 0 Å². The van der Waals surface area contributed by atoms with E-state index in [2.05, 4.69) is 0 Å². The zero-order chi connectivity index (χ0) is 12.7. The average molecular weight is 240 g/mol. The van der Waals surface area contributed by atoms with Crippen LogP contribution in [0.25, 0.3) is 0 Å². The Balaban J connectivity index is 2.69. The van der Waals surface area contributed by atoms with Gasteiger partial charge in [-0.05, 0) is 18.2 Å². The first-order chi connectivity index (χ1) is 8.19. The maximum Gasteiger partial charge on any atom is 0.492 e. The van der Waals surface area contributed by atoms with Crippen LogP contribution in [-0.2, 0) is 4.74 Å².